The molecule has 2 N–H and O–H groups in total. The van der Waals surface area contributed by atoms with E-state index in [1.54, 1.807) is 19.1 Å². The van der Waals surface area contributed by atoms with E-state index in [2.05, 4.69) is 5.32 Å². The van der Waals surface area contributed by atoms with Crippen molar-refractivity contribution in [3.8, 4) is 0 Å². The number of nitrogens with one attached hydrogen (secondary N) is 1. The van der Waals surface area contributed by atoms with E-state index in [1.165, 1.54) is 0 Å². The lowest BCUT2D eigenvalue weighted by atomic mass is 9.91. The van der Waals surface area contributed by atoms with Gasteiger partial charge in [-0.05, 0) is 29.3 Å². The van der Waals surface area contributed by atoms with Crippen LogP contribution in [0.2, 0.25) is 0 Å². The van der Waals surface area contributed by atoms with Gasteiger partial charge in [0.05, 0.1) is 18.7 Å². The van der Waals surface area contributed by atoms with Crippen LogP contribution in [-0.2, 0) is 5.54 Å². The van der Waals surface area contributed by atoms with Gasteiger partial charge in [0.25, 0.3) is 0 Å². The van der Waals surface area contributed by atoms with Crippen LogP contribution in [-0.4, -0.2) is 24.4 Å². The Kier molecular flexibility index (Phi) is 4.01. The first-order valence-corrected chi connectivity index (χ1v) is 6.26. The van der Waals surface area contributed by atoms with Gasteiger partial charge in [-0.25, -0.2) is 0 Å². The van der Waals surface area contributed by atoms with Crippen molar-refractivity contribution in [2.24, 2.45) is 0 Å². The third kappa shape index (κ3) is 3.29. The maximum atomic E-state index is 12.3. The van der Waals surface area contributed by atoms with Crippen molar-refractivity contribution in [2.45, 2.75) is 18.6 Å². The second-order valence-electron chi connectivity index (χ2n) is 5.02. The predicted octanol–water partition coefficient (Wildman–Crippen LogP) is 3.20. The Morgan fingerprint density at radius 3 is 2.30 bits per heavy atom. The van der Waals surface area contributed by atoms with E-state index in [9.17, 15) is 18.3 Å². The second-order valence-corrected chi connectivity index (χ2v) is 5.02. The van der Waals surface area contributed by atoms with Crippen LogP contribution in [0.1, 0.15) is 12.5 Å². The Bertz CT molecular complexity index is 597. The minimum Gasteiger partial charge on any atom is -0.394 e. The van der Waals surface area contributed by atoms with Crippen LogP contribution < -0.4 is 5.32 Å². The van der Waals surface area contributed by atoms with Crippen molar-refractivity contribution in [1.82, 2.24) is 5.32 Å². The second kappa shape index (κ2) is 5.42. The largest absolute Gasteiger partial charge is 0.401 e. The van der Waals surface area contributed by atoms with Crippen molar-refractivity contribution in [3.05, 3.63) is 48.0 Å². The molecular formula is C15H16F3NO. The molecule has 2 aromatic carbocycles. The van der Waals surface area contributed by atoms with Crippen molar-refractivity contribution >= 4 is 10.8 Å². The average molecular weight is 283 g/mol. The number of rotatable bonds is 4. The molecule has 0 bridgehead atoms. The lowest BCUT2D eigenvalue weighted by Gasteiger charge is -2.30. The fraction of sp³-hybridized carbons (Fsp3) is 0.333. The summed E-state index contributed by atoms with van der Waals surface area (Å²) in [6, 6.07) is 13.0. The number of benzene rings is 2. The Hall–Kier alpha value is -1.59. The number of halogens is 3. The third-order valence-corrected chi connectivity index (χ3v) is 3.38. The molecule has 0 aromatic heterocycles. The van der Waals surface area contributed by atoms with E-state index in [1.807, 2.05) is 30.3 Å². The first-order chi connectivity index (χ1) is 9.34. The molecule has 20 heavy (non-hydrogen) atoms. The maximum Gasteiger partial charge on any atom is 0.401 e. The maximum absolute atomic E-state index is 12.3. The Morgan fingerprint density at radius 2 is 1.70 bits per heavy atom. The summed E-state index contributed by atoms with van der Waals surface area (Å²) < 4.78 is 37.0. The summed E-state index contributed by atoms with van der Waals surface area (Å²) in [4.78, 5) is 0. The molecule has 5 heteroatoms. The molecule has 0 heterocycles. The third-order valence-electron chi connectivity index (χ3n) is 3.38. The fourth-order valence-corrected chi connectivity index (χ4v) is 2.08. The van der Waals surface area contributed by atoms with Gasteiger partial charge in [0.1, 0.15) is 0 Å². The normalized spacial score (nSPS) is 15.2. The number of aliphatic hydroxyl groups is 1. The number of alkyl halides is 3. The highest BCUT2D eigenvalue weighted by Gasteiger charge is 2.33. The van der Waals surface area contributed by atoms with Gasteiger partial charge in [-0.15, -0.1) is 0 Å². The van der Waals surface area contributed by atoms with Gasteiger partial charge in [-0.3, -0.25) is 5.32 Å². The van der Waals surface area contributed by atoms with Gasteiger partial charge in [-0.1, -0.05) is 36.4 Å². The zero-order valence-electron chi connectivity index (χ0n) is 11.0. The first kappa shape index (κ1) is 14.8. The summed E-state index contributed by atoms with van der Waals surface area (Å²) in [5, 5.41) is 13.8. The number of hydrogen-bond acceptors (Lipinski definition) is 2. The number of hydrogen-bond donors (Lipinski definition) is 2. The molecule has 0 spiro atoms. The van der Waals surface area contributed by atoms with Crippen LogP contribution in [0, 0.1) is 0 Å². The monoisotopic (exact) mass is 283 g/mol. The molecular weight excluding hydrogens is 267 g/mol. The van der Waals surface area contributed by atoms with Gasteiger partial charge in [-0.2, -0.15) is 13.2 Å². The zero-order chi connectivity index (χ0) is 14.8. The molecule has 108 valence electrons. The molecule has 0 aliphatic carbocycles. The Labute approximate surface area is 115 Å². The van der Waals surface area contributed by atoms with Crippen LogP contribution in [0.5, 0.6) is 0 Å². The van der Waals surface area contributed by atoms with Gasteiger partial charge in [0.2, 0.25) is 0 Å². The van der Waals surface area contributed by atoms with Crippen molar-refractivity contribution < 1.29 is 18.3 Å². The Balaban J connectivity index is 2.32. The summed E-state index contributed by atoms with van der Waals surface area (Å²) >= 11 is 0. The molecule has 0 aliphatic rings. The average Bonchev–Trinajstić information content (AvgIpc) is 2.43. The highest BCUT2D eigenvalue weighted by molar-refractivity contribution is 5.83. The molecule has 2 aromatic rings. The fourth-order valence-electron chi connectivity index (χ4n) is 2.08. The molecule has 0 aliphatic heterocycles. The van der Waals surface area contributed by atoms with E-state index >= 15 is 0 Å². The number of aliphatic hydroxyl groups excluding tert-OH is 1. The van der Waals surface area contributed by atoms with Gasteiger partial charge in [0, 0.05) is 0 Å². The standard InChI is InChI=1S/C15H16F3NO/c1-14(10-20,19-9-15(16,17)18)13-7-6-11-4-2-3-5-12(11)8-13/h2-8,19-20H,9-10H2,1H3. The van der Waals surface area contributed by atoms with Crippen molar-refractivity contribution in [1.29, 1.82) is 0 Å². The van der Waals surface area contributed by atoms with Gasteiger partial charge in [0.15, 0.2) is 0 Å². The molecule has 2 rings (SSSR count). The molecule has 0 radical (unpaired) electrons. The summed E-state index contributed by atoms with van der Waals surface area (Å²) in [5.74, 6) is 0. The molecule has 0 saturated heterocycles. The van der Waals surface area contributed by atoms with Crippen LogP contribution in [0.3, 0.4) is 0 Å². The predicted molar refractivity (Wildman–Crippen MR) is 72.4 cm³/mol. The highest BCUT2D eigenvalue weighted by atomic mass is 19.4. The van der Waals surface area contributed by atoms with Crippen molar-refractivity contribution in [3.63, 3.8) is 0 Å². The topological polar surface area (TPSA) is 32.3 Å². The lowest BCUT2D eigenvalue weighted by molar-refractivity contribution is -0.129. The minimum absolute atomic E-state index is 0.415. The van der Waals surface area contributed by atoms with E-state index in [-0.39, 0.29) is 0 Å². The van der Waals surface area contributed by atoms with Gasteiger partial charge >= 0.3 is 6.18 Å². The smallest absolute Gasteiger partial charge is 0.394 e. The summed E-state index contributed by atoms with van der Waals surface area (Å²) in [5.41, 5.74) is -0.498. The van der Waals surface area contributed by atoms with Crippen LogP contribution in [0.4, 0.5) is 13.2 Å². The first-order valence-electron chi connectivity index (χ1n) is 6.26. The van der Waals surface area contributed by atoms with Crippen LogP contribution >= 0.6 is 0 Å². The van der Waals surface area contributed by atoms with Crippen molar-refractivity contribution in [2.75, 3.05) is 13.2 Å². The highest BCUT2D eigenvalue weighted by Crippen LogP contribution is 2.26. The SMILES string of the molecule is CC(CO)(NCC(F)(F)F)c1ccc2ccccc2c1. The summed E-state index contributed by atoms with van der Waals surface area (Å²) in [6.45, 7) is 0.00114. The molecule has 1 unspecified atom stereocenters. The van der Waals surface area contributed by atoms with E-state index in [0.29, 0.717) is 5.56 Å². The van der Waals surface area contributed by atoms with E-state index in [0.717, 1.165) is 10.8 Å². The molecule has 0 saturated carbocycles. The van der Waals surface area contributed by atoms with Crippen LogP contribution in [0.25, 0.3) is 10.8 Å². The molecule has 0 amide bonds. The molecule has 2 nitrogen and oxygen atoms in total. The van der Waals surface area contributed by atoms with E-state index < -0.39 is 24.9 Å². The summed E-state index contributed by atoms with van der Waals surface area (Å²) in [7, 11) is 0. The Morgan fingerprint density at radius 1 is 1.05 bits per heavy atom. The van der Waals surface area contributed by atoms with Crippen LogP contribution in [0.15, 0.2) is 42.5 Å². The van der Waals surface area contributed by atoms with E-state index in [4.69, 9.17) is 0 Å². The minimum atomic E-state index is -4.31. The lowest BCUT2D eigenvalue weighted by Crippen LogP contribution is -2.47. The quantitative estimate of drug-likeness (QED) is 0.903. The summed E-state index contributed by atoms with van der Waals surface area (Å²) in [6.07, 6.45) is -4.31. The zero-order valence-corrected chi connectivity index (χ0v) is 11.0. The molecule has 1 atom stereocenters. The number of fused-ring (bicyclic) bond motifs is 1. The van der Waals surface area contributed by atoms with Gasteiger partial charge < -0.3 is 5.11 Å². The molecule has 0 fully saturated rings.